The molecule has 1 saturated carbocycles. The van der Waals surface area contributed by atoms with Crippen molar-refractivity contribution in [3.05, 3.63) is 11.8 Å². The van der Waals surface area contributed by atoms with E-state index >= 15 is 0 Å². The van der Waals surface area contributed by atoms with Crippen molar-refractivity contribution in [3.8, 4) is 0 Å². The molecule has 68 valence electrons. The van der Waals surface area contributed by atoms with Crippen molar-refractivity contribution < 1.29 is 0 Å². The Hall–Kier alpha value is -0.460. The molecule has 1 aliphatic carbocycles. The van der Waals surface area contributed by atoms with Gasteiger partial charge in [0.25, 0.3) is 0 Å². The van der Waals surface area contributed by atoms with E-state index in [1.165, 1.54) is 32.1 Å². The van der Waals surface area contributed by atoms with E-state index in [0.717, 1.165) is 12.0 Å². The Balaban J connectivity index is 2.12. The van der Waals surface area contributed by atoms with Crippen LogP contribution in [-0.4, -0.2) is 18.0 Å². The predicted octanol–water partition coefficient (Wildman–Crippen LogP) is 2.78. The summed E-state index contributed by atoms with van der Waals surface area (Å²) in [5.41, 5.74) is 1.57. The molecule has 2 aliphatic rings. The highest BCUT2D eigenvalue weighted by Gasteiger charge is 2.29. The lowest BCUT2D eigenvalue weighted by Crippen LogP contribution is -2.40. The van der Waals surface area contributed by atoms with Crippen LogP contribution in [0.25, 0.3) is 0 Å². The monoisotopic (exact) mass is 165 g/mol. The van der Waals surface area contributed by atoms with Crippen molar-refractivity contribution in [1.82, 2.24) is 4.90 Å². The lowest BCUT2D eigenvalue weighted by molar-refractivity contribution is 0.156. The fourth-order valence-electron chi connectivity index (χ4n) is 2.87. The van der Waals surface area contributed by atoms with Gasteiger partial charge in [-0.25, -0.2) is 0 Å². The van der Waals surface area contributed by atoms with Crippen LogP contribution in [0, 0.1) is 5.92 Å². The largest absolute Gasteiger partial charge is 0.377 e. The summed E-state index contributed by atoms with van der Waals surface area (Å²) in [6, 6.07) is 0.863. The predicted molar refractivity (Wildman–Crippen MR) is 51.9 cm³/mol. The molecule has 12 heavy (non-hydrogen) atoms. The minimum Gasteiger partial charge on any atom is -0.377 e. The van der Waals surface area contributed by atoms with Gasteiger partial charge >= 0.3 is 0 Å². The molecule has 0 amide bonds. The van der Waals surface area contributed by atoms with Crippen molar-refractivity contribution in [1.29, 1.82) is 0 Å². The average molecular weight is 165 g/mol. The van der Waals surface area contributed by atoms with Crippen LogP contribution in [0.5, 0.6) is 0 Å². The van der Waals surface area contributed by atoms with Gasteiger partial charge in [0.2, 0.25) is 0 Å². The summed E-state index contributed by atoms with van der Waals surface area (Å²) in [7, 11) is 2.24. The molecule has 0 bridgehead atoms. The Morgan fingerprint density at radius 2 is 2.08 bits per heavy atom. The van der Waals surface area contributed by atoms with Crippen molar-refractivity contribution in [2.75, 3.05) is 7.05 Å². The van der Waals surface area contributed by atoms with Gasteiger partial charge in [-0.1, -0.05) is 18.4 Å². The van der Waals surface area contributed by atoms with Gasteiger partial charge in [-0.15, -0.1) is 0 Å². The second-order valence-corrected chi connectivity index (χ2v) is 4.46. The van der Waals surface area contributed by atoms with Crippen molar-refractivity contribution in [2.24, 2.45) is 5.92 Å². The van der Waals surface area contributed by atoms with Gasteiger partial charge in [0, 0.05) is 13.1 Å². The summed E-state index contributed by atoms with van der Waals surface area (Å²) >= 11 is 0. The summed E-state index contributed by atoms with van der Waals surface area (Å²) in [5, 5.41) is 0. The molecule has 0 aromatic rings. The molecule has 1 fully saturated rings. The van der Waals surface area contributed by atoms with E-state index in [2.05, 4.69) is 25.1 Å². The Morgan fingerprint density at radius 1 is 1.33 bits per heavy atom. The Bertz CT molecular complexity index is 195. The third-order valence-electron chi connectivity index (χ3n) is 3.40. The zero-order chi connectivity index (χ0) is 8.55. The second-order valence-electron chi connectivity index (χ2n) is 4.46. The molecule has 0 aromatic carbocycles. The lowest BCUT2D eigenvalue weighted by Gasteiger charge is -2.41. The van der Waals surface area contributed by atoms with E-state index < -0.39 is 0 Å². The number of fused-ring (bicyclic) bond motifs is 1. The Morgan fingerprint density at radius 3 is 2.92 bits per heavy atom. The summed E-state index contributed by atoms with van der Waals surface area (Å²) < 4.78 is 0. The van der Waals surface area contributed by atoms with Gasteiger partial charge in [-0.2, -0.15) is 0 Å². The van der Waals surface area contributed by atoms with E-state index in [9.17, 15) is 0 Å². The molecule has 0 spiro atoms. The zero-order valence-corrected chi connectivity index (χ0v) is 8.21. The normalized spacial score (nSPS) is 35.8. The van der Waals surface area contributed by atoms with E-state index in [-0.39, 0.29) is 0 Å². The molecule has 2 unspecified atom stereocenters. The standard InChI is InChI=1S/C11H19N/c1-9-7-10-5-3-4-6-11(10)12(2)8-9/h8,10-11H,3-7H2,1-2H3. The van der Waals surface area contributed by atoms with Crippen LogP contribution in [0.2, 0.25) is 0 Å². The molecule has 1 nitrogen and oxygen atoms in total. The first kappa shape index (κ1) is 8.15. The van der Waals surface area contributed by atoms with Crippen molar-refractivity contribution in [2.45, 2.75) is 45.1 Å². The first-order chi connectivity index (χ1) is 5.77. The molecular weight excluding hydrogens is 146 g/mol. The molecule has 0 N–H and O–H groups in total. The van der Waals surface area contributed by atoms with Crippen LogP contribution in [0.15, 0.2) is 11.8 Å². The van der Waals surface area contributed by atoms with Gasteiger partial charge in [-0.3, -0.25) is 0 Å². The average Bonchev–Trinajstić information content (AvgIpc) is 2.04. The first-order valence-electron chi connectivity index (χ1n) is 5.16. The van der Waals surface area contributed by atoms with Gasteiger partial charge < -0.3 is 4.90 Å². The smallest absolute Gasteiger partial charge is 0.0312 e. The summed E-state index contributed by atoms with van der Waals surface area (Å²) in [6.07, 6.45) is 9.48. The van der Waals surface area contributed by atoms with Crippen LogP contribution < -0.4 is 0 Å². The topological polar surface area (TPSA) is 3.24 Å². The molecule has 2 rings (SSSR count). The van der Waals surface area contributed by atoms with Crippen LogP contribution in [0.1, 0.15) is 39.0 Å². The number of nitrogens with zero attached hydrogens (tertiary/aromatic N) is 1. The maximum atomic E-state index is 2.45. The van der Waals surface area contributed by atoms with Crippen LogP contribution in [0.3, 0.4) is 0 Å². The SMILES string of the molecule is CC1=CN(C)C2CCCCC2C1. The third kappa shape index (κ3) is 1.37. The zero-order valence-electron chi connectivity index (χ0n) is 8.21. The fourth-order valence-corrected chi connectivity index (χ4v) is 2.87. The second kappa shape index (κ2) is 3.12. The van der Waals surface area contributed by atoms with E-state index in [1.807, 2.05) is 0 Å². The summed E-state index contributed by atoms with van der Waals surface area (Å²) in [4.78, 5) is 2.45. The highest BCUT2D eigenvalue weighted by Crippen LogP contribution is 2.35. The van der Waals surface area contributed by atoms with Gasteiger partial charge in [-0.05, 0) is 38.3 Å². The summed E-state index contributed by atoms with van der Waals surface area (Å²) in [5.74, 6) is 0.966. The van der Waals surface area contributed by atoms with Gasteiger partial charge in [0.15, 0.2) is 0 Å². The van der Waals surface area contributed by atoms with Crippen LogP contribution >= 0.6 is 0 Å². The van der Waals surface area contributed by atoms with Crippen molar-refractivity contribution in [3.63, 3.8) is 0 Å². The molecule has 0 aromatic heterocycles. The summed E-state index contributed by atoms with van der Waals surface area (Å²) in [6.45, 7) is 2.27. The molecule has 0 saturated heterocycles. The van der Waals surface area contributed by atoms with Gasteiger partial charge in [0.1, 0.15) is 0 Å². The lowest BCUT2D eigenvalue weighted by atomic mass is 9.78. The first-order valence-corrected chi connectivity index (χ1v) is 5.16. The maximum Gasteiger partial charge on any atom is 0.0312 e. The number of allylic oxidation sites excluding steroid dienone is 1. The Labute approximate surface area is 75.4 Å². The molecule has 1 aliphatic heterocycles. The molecular formula is C11H19N. The quantitative estimate of drug-likeness (QED) is 0.533. The molecule has 0 radical (unpaired) electrons. The van der Waals surface area contributed by atoms with E-state index in [0.29, 0.717) is 0 Å². The minimum atomic E-state index is 0.863. The highest BCUT2D eigenvalue weighted by molar-refractivity contribution is 5.07. The molecule has 2 atom stereocenters. The minimum absolute atomic E-state index is 0.863. The van der Waals surface area contributed by atoms with Crippen molar-refractivity contribution >= 4 is 0 Å². The van der Waals surface area contributed by atoms with E-state index in [4.69, 9.17) is 0 Å². The van der Waals surface area contributed by atoms with Crippen LogP contribution in [0.4, 0.5) is 0 Å². The van der Waals surface area contributed by atoms with Crippen LogP contribution in [-0.2, 0) is 0 Å². The number of hydrogen-bond acceptors (Lipinski definition) is 1. The molecule has 1 heteroatoms. The number of hydrogen-bond donors (Lipinski definition) is 0. The Kier molecular flexibility index (Phi) is 2.12. The number of rotatable bonds is 0. The fraction of sp³-hybridized carbons (Fsp3) is 0.818. The third-order valence-corrected chi connectivity index (χ3v) is 3.40. The van der Waals surface area contributed by atoms with E-state index in [1.54, 1.807) is 5.57 Å². The maximum absolute atomic E-state index is 2.45. The van der Waals surface area contributed by atoms with Gasteiger partial charge in [0.05, 0.1) is 0 Å². The highest BCUT2D eigenvalue weighted by atomic mass is 15.1. The molecule has 1 heterocycles.